The number of benzene rings is 2. The molecule has 1 N–H and O–H groups in total. The van der Waals surface area contributed by atoms with Gasteiger partial charge in [0.2, 0.25) is 0 Å². The van der Waals surface area contributed by atoms with Crippen LogP contribution in [-0.2, 0) is 11.2 Å². The molecule has 2 aromatic rings. The average molecular weight is 311 g/mol. The molecule has 0 aliphatic heterocycles. The topological polar surface area (TPSA) is 55.4 Å². The van der Waals surface area contributed by atoms with Crippen LogP contribution in [0.4, 0.5) is 0 Å². The van der Waals surface area contributed by atoms with Crippen molar-refractivity contribution >= 4 is 12.2 Å². The summed E-state index contributed by atoms with van der Waals surface area (Å²) in [5.74, 6) is 0.304. The Morgan fingerprint density at radius 2 is 1.96 bits per heavy atom. The lowest BCUT2D eigenvalue weighted by atomic mass is 10.1. The van der Waals surface area contributed by atoms with E-state index in [9.17, 15) is 9.59 Å². The molecule has 0 spiro atoms. The van der Waals surface area contributed by atoms with E-state index in [1.807, 2.05) is 19.1 Å². The Morgan fingerprint density at radius 1 is 1.22 bits per heavy atom. The van der Waals surface area contributed by atoms with Gasteiger partial charge in [-0.1, -0.05) is 43.3 Å². The quantitative estimate of drug-likeness (QED) is 0.798. The minimum atomic E-state index is -0.200. The molecule has 1 unspecified atom stereocenters. The second-order valence-electron chi connectivity index (χ2n) is 5.36. The molecule has 4 heteroatoms. The molecule has 1 amide bonds. The lowest BCUT2D eigenvalue weighted by Gasteiger charge is -2.15. The number of hydrogen-bond donors (Lipinski definition) is 1. The van der Waals surface area contributed by atoms with Crippen LogP contribution in [0.2, 0.25) is 0 Å². The fourth-order valence-electron chi connectivity index (χ4n) is 2.24. The Balaban J connectivity index is 1.86. The van der Waals surface area contributed by atoms with Crippen LogP contribution >= 0.6 is 0 Å². The third kappa shape index (κ3) is 4.95. The van der Waals surface area contributed by atoms with Gasteiger partial charge in [0.15, 0.2) is 6.61 Å². The zero-order valence-electron chi connectivity index (χ0n) is 13.4. The number of ether oxygens (including phenoxy) is 1. The molecule has 0 fully saturated rings. The normalized spacial score (nSPS) is 11.6. The third-order valence-corrected chi connectivity index (χ3v) is 3.63. The van der Waals surface area contributed by atoms with Crippen molar-refractivity contribution in [3.63, 3.8) is 0 Å². The van der Waals surface area contributed by atoms with Crippen LogP contribution in [0, 0.1) is 0 Å². The second-order valence-corrected chi connectivity index (χ2v) is 5.36. The van der Waals surface area contributed by atoms with E-state index >= 15 is 0 Å². The van der Waals surface area contributed by atoms with Gasteiger partial charge in [-0.05, 0) is 36.6 Å². The molecule has 4 nitrogen and oxygen atoms in total. The Hall–Kier alpha value is -2.62. The number of hydrogen-bond acceptors (Lipinski definition) is 3. The number of aldehydes is 1. The maximum absolute atomic E-state index is 12.0. The van der Waals surface area contributed by atoms with E-state index in [2.05, 4.69) is 24.4 Å². The first-order valence-corrected chi connectivity index (χ1v) is 7.68. The minimum Gasteiger partial charge on any atom is -0.484 e. The number of aryl methyl sites for hydroxylation is 1. The lowest BCUT2D eigenvalue weighted by Crippen LogP contribution is -2.31. The van der Waals surface area contributed by atoms with E-state index in [0.29, 0.717) is 11.3 Å². The summed E-state index contributed by atoms with van der Waals surface area (Å²) in [6, 6.07) is 14.8. The monoisotopic (exact) mass is 311 g/mol. The summed E-state index contributed by atoms with van der Waals surface area (Å²) < 4.78 is 5.41. The zero-order chi connectivity index (χ0) is 16.7. The first-order chi connectivity index (χ1) is 11.1. The SMILES string of the molecule is CCc1ccc(C(C)NC(=O)COc2cccc(C=O)c2)cc1. The fourth-order valence-corrected chi connectivity index (χ4v) is 2.24. The van der Waals surface area contributed by atoms with Crippen molar-refractivity contribution in [3.8, 4) is 5.75 Å². The number of carbonyl (C=O) groups excluding carboxylic acids is 2. The van der Waals surface area contributed by atoms with Crippen LogP contribution in [0.3, 0.4) is 0 Å². The van der Waals surface area contributed by atoms with Gasteiger partial charge in [0.25, 0.3) is 5.91 Å². The number of amides is 1. The number of carbonyl (C=O) groups is 2. The van der Waals surface area contributed by atoms with Gasteiger partial charge in [-0.25, -0.2) is 0 Å². The highest BCUT2D eigenvalue weighted by Gasteiger charge is 2.10. The summed E-state index contributed by atoms with van der Waals surface area (Å²) in [6.07, 6.45) is 1.74. The summed E-state index contributed by atoms with van der Waals surface area (Å²) in [5.41, 5.74) is 2.84. The van der Waals surface area contributed by atoms with Gasteiger partial charge in [-0.15, -0.1) is 0 Å². The molecular weight excluding hydrogens is 290 g/mol. The van der Waals surface area contributed by atoms with Crippen molar-refractivity contribution in [2.45, 2.75) is 26.3 Å². The predicted molar refractivity (Wildman–Crippen MR) is 89.7 cm³/mol. The van der Waals surface area contributed by atoms with Gasteiger partial charge in [0.1, 0.15) is 12.0 Å². The third-order valence-electron chi connectivity index (χ3n) is 3.63. The lowest BCUT2D eigenvalue weighted by molar-refractivity contribution is -0.123. The Kier molecular flexibility index (Phi) is 5.92. The molecule has 0 bridgehead atoms. The molecule has 2 aromatic carbocycles. The van der Waals surface area contributed by atoms with Crippen molar-refractivity contribution in [1.82, 2.24) is 5.32 Å². The molecule has 120 valence electrons. The van der Waals surface area contributed by atoms with Crippen LogP contribution in [0.15, 0.2) is 48.5 Å². The van der Waals surface area contributed by atoms with Crippen molar-refractivity contribution in [1.29, 1.82) is 0 Å². The van der Waals surface area contributed by atoms with Gasteiger partial charge in [0, 0.05) is 5.56 Å². The molecule has 1 atom stereocenters. The van der Waals surface area contributed by atoms with Crippen LogP contribution in [0.25, 0.3) is 0 Å². The molecule has 0 radical (unpaired) electrons. The summed E-state index contributed by atoms with van der Waals surface area (Å²) in [6.45, 7) is 3.96. The molecule has 0 aromatic heterocycles. The fraction of sp³-hybridized carbons (Fsp3) is 0.263. The summed E-state index contributed by atoms with van der Waals surface area (Å²) in [4.78, 5) is 22.7. The molecule has 0 saturated carbocycles. The Labute approximate surface area is 136 Å². The Bertz CT molecular complexity index is 665. The van der Waals surface area contributed by atoms with Gasteiger partial charge in [-0.2, -0.15) is 0 Å². The van der Waals surface area contributed by atoms with Crippen LogP contribution < -0.4 is 10.1 Å². The highest BCUT2D eigenvalue weighted by atomic mass is 16.5. The molecule has 0 aliphatic carbocycles. The van der Waals surface area contributed by atoms with E-state index in [4.69, 9.17) is 4.74 Å². The van der Waals surface area contributed by atoms with E-state index in [1.54, 1.807) is 24.3 Å². The Morgan fingerprint density at radius 3 is 2.61 bits per heavy atom. The van der Waals surface area contributed by atoms with Gasteiger partial charge < -0.3 is 10.1 Å². The summed E-state index contributed by atoms with van der Waals surface area (Å²) in [7, 11) is 0. The minimum absolute atomic E-state index is 0.0836. The van der Waals surface area contributed by atoms with Crippen LogP contribution in [0.1, 0.15) is 41.4 Å². The first kappa shape index (κ1) is 16.7. The standard InChI is InChI=1S/C19H21NO3/c1-3-15-7-9-17(10-8-15)14(2)20-19(22)13-23-18-6-4-5-16(11-18)12-21/h4-12,14H,3,13H2,1-2H3,(H,20,22). The van der Waals surface area contributed by atoms with Crippen molar-refractivity contribution in [2.75, 3.05) is 6.61 Å². The predicted octanol–water partition coefficient (Wildman–Crippen LogP) is 3.32. The summed E-state index contributed by atoms with van der Waals surface area (Å²) >= 11 is 0. The van der Waals surface area contributed by atoms with Crippen molar-refractivity contribution < 1.29 is 14.3 Å². The van der Waals surface area contributed by atoms with E-state index in [1.165, 1.54) is 5.56 Å². The summed E-state index contributed by atoms with van der Waals surface area (Å²) in [5, 5.41) is 2.90. The maximum Gasteiger partial charge on any atom is 0.258 e. The van der Waals surface area contributed by atoms with Crippen molar-refractivity contribution in [2.24, 2.45) is 0 Å². The molecule has 0 aliphatic rings. The zero-order valence-corrected chi connectivity index (χ0v) is 13.4. The maximum atomic E-state index is 12.0. The van der Waals surface area contributed by atoms with E-state index < -0.39 is 0 Å². The van der Waals surface area contributed by atoms with Crippen LogP contribution in [-0.4, -0.2) is 18.8 Å². The second kappa shape index (κ2) is 8.13. The van der Waals surface area contributed by atoms with E-state index in [0.717, 1.165) is 18.3 Å². The molecular formula is C19H21NO3. The molecule has 0 saturated heterocycles. The first-order valence-electron chi connectivity index (χ1n) is 7.68. The average Bonchev–Trinajstić information content (AvgIpc) is 2.60. The number of nitrogens with one attached hydrogen (secondary N) is 1. The number of rotatable bonds is 7. The smallest absolute Gasteiger partial charge is 0.258 e. The highest BCUT2D eigenvalue weighted by Crippen LogP contribution is 2.14. The van der Waals surface area contributed by atoms with Crippen LogP contribution in [0.5, 0.6) is 5.75 Å². The highest BCUT2D eigenvalue weighted by molar-refractivity contribution is 5.78. The van der Waals surface area contributed by atoms with Gasteiger partial charge in [0.05, 0.1) is 6.04 Å². The largest absolute Gasteiger partial charge is 0.484 e. The van der Waals surface area contributed by atoms with E-state index in [-0.39, 0.29) is 18.6 Å². The van der Waals surface area contributed by atoms with Gasteiger partial charge in [-0.3, -0.25) is 9.59 Å². The molecule has 23 heavy (non-hydrogen) atoms. The molecule has 0 heterocycles. The van der Waals surface area contributed by atoms with Gasteiger partial charge >= 0.3 is 0 Å². The van der Waals surface area contributed by atoms with Crippen molar-refractivity contribution in [3.05, 3.63) is 65.2 Å². The molecule has 2 rings (SSSR count).